The summed E-state index contributed by atoms with van der Waals surface area (Å²) < 4.78 is 118. The van der Waals surface area contributed by atoms with E-state index in [-0.39, 0.29) is 109 Å². The first-order valence-electron chi connectivity index (χ1n) is 49.4. The van der Waals surface area contributed by atoms with Crippen molar-refractivity contribution in [2.75, 3.05) is 52.8 Å². The second kappa shape index (κ2) is 61.2. The largest absolute Gasteiger partial charge is 0.504 e. The molecule has 2 aliphatic heterocycles. The Hall–Kier alpha value is -12.8. The molecule has 16 atom stereocenters. The summed E-state index contributed by atoms with van der Waals surface area (Å²) in [5.41, 5.74) is 6.15. The van der Waals surface area contributed by atoms with Gasteiger partial charge in [0, 0.05) is 70.6 Å². The zero-order valence-corrected chi connectivity index (χ0v) is 82.3. The molecule has 32 heteroatoms. The molecule has 788 valence electrons. The van der Waals surface area contributed by atoms with Crippen LogP contribution in [0.3, 0.4) is 0 Å². The maximum absolute atomic E-state index is 13.7. The third-order valence-corrected chi connectivity index (χ3v) is 24.0. The number of aliphatic imine (C=N–C) groups is 1. The third kappa shape index (κ3) is 34.9. The molecule has 0 aliphatic carbocycles. The lowest BCUT2D eigenvalue weighted by Crippen LogP contribution is -2.45. The van der Waals surface area contributed by atoms with Crippen LogP contribution >= 0.6 is 0 Å². The SMILES string of the molecule is C=NCCCCCOC(O)/C(OCc1ccccc1)=C(/OC1OC([C@H](O)CO)C(OC(O)/C(OCc2ccccc2)=C(/OC(O)/C(O)=C(/OC(O)/C(OCc2ccccc2)=C(/OC(O)/C(O)=C(/OCc2ccc3ccccc3c2)C(CCOCc2ccccc2)OCc2ccccc2)C(O)CCO)C(CCOCc2ccccc2)OCc2ccccc2)C(CCO)OCc2ccccc2)C1O)C1CCOC(c2ccccc2)O1. The molecule has 2 saturated heterocycles. The predicted molar refractivity (Wildman–Crippen MR) is 545 cm³/mol. The van der Waals surface area contributed by atoms with E-state index in [0.29, 0.717) is 64.8 Å². The molecule has 0 aromatic heterocycles. The summed E-state index contributed by atoms with van der Waals surface area (Å²) in [7, 11) is 0. The van der Waals surface area contributed by atoms with Gasteiger partial charge >= 0.3 is 0 Å². The maximum Gasteiger partial charge on any atom is 0.259 e. The van der Waals surface area contributed by atoms with Crippen molar-refractivity contribution >= 4 is 17.5 Å². The van der Waals surface area contributed by atoms with Gasteiger partial charge in [0.05, 0.1) is 52.9 Å². The monoisotopic (exact) mass is 2040 g/mol. The van der Waals surface area contributed by atoms with Gasteiger partial charge in [-0.15, -0.1) is 0 Å². The van der Waals surface area contributed by atoms with Gasteiger partial charge in [-0.2, -0.15) is 0 Å². The molecule has 2 aliphatic rings. The highest BCUT2D eigenvalue weighted by Crippen LogP contribution is 2.40. The third-order valence-electron chi connectivity index (χ3n) is 24.0. The molecule has 11 aromatic rings. The Balaban J connectivity index is 0.941. The van der Waals surface area contributed by atoms with Crippen LogP contribution in [0.5, 0.6) is 0 Å². The van der Waals surface area contributed by atoms with Gasteiger partial charge < -0.3 is 157 Å². The molecule has 13 N–H and O–H groups in total. The van der Waals surface area contributed by atoms with Crippen molar-refractivity contribution in [1.82, 2.24) is 0 Å². The van der Waals surface area contributed by atoms with E-state index in [0.717, 1.165) is 27.5 Å². The Morgan fingerprint density at radius 3 is 1.26 bits per heavy atom. The average molecular weight is 2040 g/mol. The molecule has 0 bridgehead atoms. The molecular formula is C116H133NO31. The zero-order valence-electron chi connectivity index (χ0n) is 82.3. The molecule has 0 spiro atoms. The van der Waals surface area contributed by atoms with E-state index < -0.39 is 185 Å². The molecule has 2 heterocycles. The summed E-state index contributed by atoms with van der Waals surface area (Å²) in [4.78, 5) is 3.95. The minimum atomic E-state index is -2.87. The van der Waals surface area contributed by atoms with Crippen LogP contribution in [-0.4, -0.2) is 219 Å². The first kappa shape index (κ1) is 112. The van der Waals surface area contributed by atoms with Crippen molar-refractivity contribution in [2.45, 2.75) is 210 Å². The summed E-state index contributed by atoms with van der Waals surface area (Å²) in [6.07, 6.45) is -31.4. The minimum Gasteiger partial charge on any atom is -0.504 e. The summed E-state index contributed by atoms with van der Waals surface area (Å²) in [5.74, 6) is -7.55. The fourth-order valence-electron chi connectivity index (χ4n) is 16.2. The molecule has 0 radical (unpaired) electrons. The molecule has 0 amide bonds. The number of unbranched alkanes of at least 4 members (excludes halogenated alkanes) is 2. The Morgan fingerprint density at radius 2 is 0.777 bits per heavy atom. The van der Waals surface area contributed by atoms with Gasteiger partial charge in [-0.05, 0) is 92.9 Å². The number of aliphatic hydroxyl groups is 13. The van der Waals surface area contributed by atoms with Gasteiger partial charge in [0.1, 0.15) is 81.4 Å². The predicted octanol–water partition coefficient (Wildman–Crippen LogP) is 15.2. The lowest BCUT2D eigenvalue weighted by molar-refractivity contribution is -0.234. The molecule has 0 saturated carbocycles. The molecular weight excluding hydrogens is 1900 g/mol. The summed E-state index contributed by atoms with van der Waals surface area (Å²) in [5, 5.41) is 165. The van der Waals surface area contributed by atoms with Crippen LogP contribution in [-0.2, 0) is 145 Å². The fraction of sp³-hybridized carbons (Fsp3) is 0.353. The van der Waals surface area contributed by atoms with E-state index in [4.69, 9.17) is 85.3 Å². The number of hydrogen-bond donors (Lipinski definition) is 13. The average Bonchev–Trinajstić information content (AvgIpc) is 1.59. The van der Waals surface area contributed by atoms with Crippen molar-refractivity contribution in [3.05, 3.63) is 429 Å². The van der Waals surface area contributed by atoms with Crippen molar-refractivity contribution < 1.29 is 152 Å². The number of fused-ring (bicyclic) bond motifs is 1. The van der Waals surface area contributed by atoms with Gasteiger partial charge in [0.25, 0.3) is 18.9 Å². The normalized spacial score (nSPS) is 18.7. The molecule has 15 unspecified atom stereocenters. The van der Waals surface area contributed by atoms with Gasteiger partial charge in [-0.25, -0.2) is 0 Å². The Bertz CT molecular complexity index is 5830. The molecule has 11 aromatic carbocycles. The first-order chi connectivity index (χ1) is 72.4. The van der Waals surface area contributed by atoms with Gasteiger partial charge in [-0.1, -0.05) is 309 Å². The van der Waals surface area contributed by atoms with E-state index in [9.17, 15) is 66.4 Å². The van der Waals surface area contributed by atoms with E-state index in [1.165, 1.54) is 0 Å². The van der Waals surface area contributed by atoms with Crippen molar-refractivity contribution in [1.29, 1.82) is 0 Å². The number of aliphatic hydroxyl groups excluding tert-OH is 13. The van der Waals surface area contributed by atoms with Gasteiger partial charge in [0.15, 0.2) is 46.6 Å². The van der Waals surface area contributed by atoms with E-state index in [1.54, 1.807) is 170 Å². The lowest BCUT2D eigenvalue weighted by atomic mass is 10.1. The fourth-order valence-corrected chi connectivity index (χ4v) is 16.2. The number of ether oxygens (including phenoxy) is 18. The second-order valence-electron chi connectivity index (χ2n) is 35.0. The topological polar surface area (TPSA) is 441 Å². The highest BCUT2D eigenvalue weighted by Gasteiger charge is 2.52. The van der Waals surface area contributed by atoms with Crippen molar-refractivity contribution in [3.8, 4) is 0 Å². The van der Waals surface area contributed by atoms with E-state index in [1.807, 2.05) is 146 Å². The summed E-state index contributed by atoms with van der Waals surface area (Å²) in [6.45, 7) is -0.582. The summed E-state index contributed by atoms with van der Waals surface area (Å²) >= 11 is 0. The molecule has 32 nitrogen and oxygen atoms in total. The van der Waals surface area contributed by atoms with Crippen molar-refractivity contribution in [3.63, 3.8) is 0 Å². The van der Waals surface area contributed by atoms with Crippen molar-refractivity contribution in [2.24, 2.45) is 4.99 Å². The first-order valence-corrected chi connectivity index (χ1v) is 49.4. The Labute approximate surface area is 860 Å². The van der Waals surface area contributed by atoms with Crippen LogP contribution in [0.15, 0.2) is 378 Å². The minimum absolute atomic E-state index is 0.000802. The number of nitrogens with zero attached hydrogens (tertiary/aromatic N) is 1. The summed E-state index contributed by atoms with van der Waals surface area (Å²) in [6, 6.07) is 93.2. The highest BCUT2D eigenvalue weighted by atomic mass is 16.8. The smallest absolute Gasteiger partial charge is 0.259 e. The zero-order chi connectivity index (χ0) is 104. The van der Waals surface area contributed by atoms with Gasteiger partial charge in [-0.3, -0.25) is 0 Å². The number of hydrogen-bond acceptors (Lipinski definition) is 32. The Morgan fingerprint density at radius 1 is 0.365 bits per heavy atom. The highest BCUT2D eigenvalue weighted by molar-refractivity contribution is 5.83. The maximum atomic E-state index is 13.7. The van der Waals surface area contributed by atoms with Crippen LogP contribution in [0.25, 0.3) is 10.8 Å². The van der Waals surface area contributed by atoms with Gasteiger partial charge in [0.2, 0.25) is 36.1 Å². The molecule has 13 rings (SSSR count). The quantitative estimate of drug-likeness (QED) is 0.00728. The second-order valence-corrected chi connectivity index (χ2v) is 35.0. The van der Waals surface area contributed by atoms with E-state index in [2.05, 4.69) is 11.7 Å². The number of rotatable bonds is 65. The molecule has 148 heavy (non-hydrogen) atoms. The number of benzene rings is 11. The van der Waals surface area contributed by atoms with Crippen LogP contribution in [0, 0.1) is 0 Å². The molecule has 2 fully saturated rings. The van der Waals surface area contributed by atoms with Crippen LogP contribution in [0.4, 0.5) is 0 Å². The van der Waals surface area contributed by atoms with Crippen LogP contribution in [0.2, 0.25) is 0 Å². The standard InChI is InChI=1S/C116H133NO31/c1-117-61-32-11-33-64-133-112(128)108(140-76-85-46-24-8-25-47-85)105(96-60-67-134-115(142-96)89-51-28-10-29-52-89)148-116-99(125)106(101(147-116)92(122)69-120)146-114(130)109(141-77-86-48-26-9-27-49-86)104(93(57-63-119)135-72-81-38-16-4-17-39-81)145-111(127)98(124)103(95(137-74-83-42-20-6-21-43-83)59-66-132-71-80-36-14-3-15-37-80)144-113(129)107(139-75-84-44-22-7-23-45-84)100(91(121)56-62-118)143-110(126)97(123)102(138-78-87-54-55-88-50-30-31-53-90(88)68-87)94(136-73-82-40-18-5-19-41-82)58-65-131-70-79-34-12-2-13-35-79/h2-10,12-31,34-55,68,91-96,99,101,106,110-116,118-130H,1,11,32-33,56-67,69-78H2/b102-97-,103-98-,107-100-,108-105-,109-104-/t91?,92-,93?,94?,95?,96?,99?,101?,106?,110?,111?,112?,113?,114?,115?,116?/m1/s1. The lowest BCUT2D eigenvalue weighted by Gasteiger charge is -2.34. The van der Waals surface area contributed by atoms with Crippen LogP contribution < -0.4 is 0 Å². The Kier molecular flexibility index (Phi) is 46.5. The van der Waals surface area contributed by atoms with Crippen LogP contribution in [0.1, 0.15) is 113 Å². The van der Waals surface area contributed by atoms with E-state index >= 15 is 0 Å².